The zero-order valence-electron chi connectivity index (χ0n) is 46.2. The molecule has 1 amide bonds. The summed E-state index contributed by atoms with van der Waals surface area (Å²) in [4.78, 5) is 73.5. The molecule has 19 heteroatoms. The van der Waals surface area contributed by atoms with Crippen LogP contribution in [0.1, 0.15) is 153 Å². The van der Waals surface area contributed by atoms with E-state index in [9.17, 15) is 24.6 Å². The summed E-state index contributed by atoms with van der Waals surface area (Å²) in [7, 11) is -5.67. The molecule has 73 heavy (non-hydrogen) atoms. The number of hydrogen-bond acceptors (Lipinski definition) is 16. The standard InChI is InChI=1S/C54H83NO16Si2/c1-18-72(19-2,20-3)70-38-27-39-53(29-65-39,68-34(11)56)44-46(67-47(59)36-24-22-26-64-36)54(62)28-37(33(10)40(51(54,15)16)42(57)45(58)52(38,44)17)66-48(60)43(71-73(30(4)5,31(6)7)32(8)9)41(35-23-21-25-63-35)55-49(61)69-50(12,13)14/h21-26,30-32,37-39,41-44,46,57,62H,18-20,27-29H2,1-17H3,(H,55,61)/t37-,38-,39+,41-,42+,43+,44-,46-,52+,53-,54+/m0/s1. The summed E-state index contributed by atoms with van der Waals surface area (Å²) in [6.45, 7) is 31.1. The number of carbonyl (C=O) groups excluding carboxylic acids is 5. The fourth-order valence-corrected chi connectivity index (χ4v) is 21.8. The summed E-state index contributed by atoms with van der Waals surface area (Å²) >= 11 is 0. The van der Waals surface area contributed by atoms with Crippen LogP contribution in [0.5, 0.6) is 0 Å². The number of alkyl carbamates (subject to hydrolysis) is 1. The molecule has 2 aromatic rings. The number of esters is 3. The molecule has 4 aliphatic rings. The van der Waals surface area contributed by atoms with Crippen molar-refractivity contribution >= 4 is 46.4 Å². The Kier molecular flexibility index (Phi) is 16.8. The Hall–Kier alpha value is -4.12. The maximum absolute atomic E-state index is 16.1. The molecule has 0 spiro atoms. The minimum absolute atomic E-state index is 0.0437. The number of aliphatic hydroxyl groups excluding tert-OH is 1. The number of nitrogens with one attached hydrogen (secondary N) is 1. The number of furan rings is 2. The number of carbonyl (C=O) groups is 5. The lowest BCUT2D eigenvalue weighted by Gasteiger charge is -2.68. The summed E-state index contributed by atoms with van der Waals surface area (Å²) in [5.74, 6) is -4.84. The highest BCUT2D eigenvalue weighted by atomic mass is 28.4. The molecule has 0 unspecified atom stereocenters. The first-order chi connectivity index (χ1) is 33.9. The monoisotopic (exact) mass is 1060 g/mol. The number of ketones is 1. The van der Waals surface area contributed by atoms with E-state index in [0.29, 0.717) is 18.1 Å². The van der Waals surface area contributed by atoms with Crippen LogP contribution < -0.4 is 5.32 Å². The zero-order valence-corrected chi connectivity index (χ0v) is 48.2. The van der Waals surface area contributed by atoms with Gasteiger partial charge in [-0.15, -0.1) is 0 Å². The van der Waals surface area contributed by atoms with Crippen LogP contribution in [0.3, 0.4) is 0 Å². The van der Waals surface area contributed by atoms with Crippen molar-refractivity contribution in [2.75, 3.05) is 6.61 Å². The maximum atomic E-state index is 16.1. The van der Waals surface area contributed by atoms with Gasteiger partial charge in [0.15, 0.2) is 25.8 Å². The van der Waals surface area contributed by atoms with E-state index in [2.05, 4.69) is 26.1 Å². The highest BCUT2D eigenvalue weighted by Crippen LogP contribution is 2.65. The summed E-state index contributed by atoms with van der Waals surface area (Å²) in [5.41, 5.74) is -8.26. The van der Waals surface area contributed by atoms with Gasteiger partial charge in [-0.3, -0.25) is 9.59 Å². The molecule has 408 valence electrons. The van der Waals surface area contributed by atoms with Crippen molar-refractivity contribution in [1.29, 1.82) is 0 Å². The summed E-state index contributed by atoms with van der Waals surface area (Å²) < 4.78 is 57.6. The molecule has 2 aromatic heterocycles. The molecule has 11 atom stereocenters. The molecule has 6 rings (SSSR count). The number of fused-ring (bicyclic) bond motifs is 5. The molecule has 3 aliphatic carbocycles. The van der Waals surface area contributed by atoms with Crippen molar-refractivity contribution in [2.45, 2.75) is 225 Å². The largest absolute Gasteiger partial charge is 0.467 e. The fraction of sp³-hybridized carbons (Fsp3) is 0.722. The average molecular weight is 1060 g/mol. The molecule has 3 heterocycles. The second-order valence-corrected chi connectivity index (χ2v) is 33.7. The van der Waals surface area contributed by atoms with Crippen LogP contribution in [0.15, 0.2) is 56.8 Å². The molecule has 0 aromatic carbocycles. The molecule has 1 aliphatic heterocycles. The van der Waals surface area contributed by atoms with Gasteiger partial charge < -0.3 is 56.9 Å². The van der Waals surface area contributed by atoms with Gasteiger partial charge in [-0.2, -0.15) is 0 Å². The van der Waals surface area contributed by atoms with E-state index < -0.39 is 129 Å². The molecular weight excluding hydrogens is 975 g/mol. The Morgan fingerprint density at radius 2 is 1.49 bits per heavy atom. The minimum atomic E-state index is -3.06. The highest BCUT2D eigenvalue weighted by Gasteiger charge is 2.78. The molecule has 17 nitrogen and oxygen atoms in total. The Bertz CT molecular complexity index is 2320. The van der Waals surface area contributed by atoms with Crippen molar-refractivity contribution in [1.82, 2.24) is 5.32 Å². The van der Waals surface area contributed by atoms with Gasteiger partial charge in [0.1, 0.15) is 47.4 Å². The third-order valence-electron chi connectivity index (χ3n) is 17.3. The second-order valence-electron chi connectivity index (χ2n) is 23.5. The van der Waals surface area contributed by atoms with Crippen LogP contribution in [0.2, 0.25) is 34.8 Å². The lowest BCUT2D eigenvalue weighted by Crippen LogP contribution is -2.82. The summed E-state index contributed by atoms with van der Waals surface area (Å²) in [5, 5.41) is 30.0. The molecule has 2 saturated carbocycles. The summed E-state index contributed by atoms with van der Waals surface area (Å²) in [6, 6.07) is 6.93. The van der Waals surface area contributed by atoms with Crippen molar-refractivity contribution < 1.29 is 75.6 Å². The third-order valence-corrected chi connectivity index (χ3v) is 28.0. The Labute approximate surface area is 433 Å². The fourth-order valence-electron chi connectivity index (χ4n) is 13.3. The Morgan fingerprint density at radius 1 is 0.904 bits per heavy atom. The molecular formula is C54H83NO16Si2. The van der Waals surface area contributed by atoms with Gasteiger partial charge in [0, 0.05) is 25.2 Å². The topological polar surface area (TPSA) is 229 Å². The van der Waals surface area contributed by atoms with Gasteiger partial charge >= 0.3 is 24.0 Å². The van der Waals surface area contributed by atoms with Crippen molar-refractivity contribution in [3.8, 4) is 0 Å². The first-order valence-electron chi connectivity index (χ1n) is 26.2. The summed E-state index contributed by atoms with van der Waals surface area (Å²) in [6.07, 6.45) is -7.08. The zero-order chi connectivity index (χ0) is 54.6. The van der Waals surface area contributed by atoms with Crippen LogP contribution in [0, 0.1) is 16.7 Å². The van der Waals surface area contributed by atoms with E-state index in [1.807, 2.05) is 41.5 Å². The van der Waals surface area contributed by atoms with E-state index in [0.717, 1.165) is 0 Å². The quantitative estimate of drug-likeness (QED) is 0.0546. The van der Waals surface area contributed by atoms with Gasteiger partial charge in [0.2, 0.25) is 14.1 Å². The van der Waals surface area contributed by atoms with Gasteiger partial charge in [-0.05, 0) is 105 Å². The van der Waals surface area contributed by atoms with Crippen molar-refractivity contribution in [2.24, 2.45) is 16.7 Å². The van der Waals surface area contributed by atoms with E-state index >= 15 is 9.59 Å². The Morgan fingerprint density at radius 3 is 1.97 bits per heavy atom. The molecule has 3 N–H and O–H groups in total. The highest BCUT2D eigenvalue weighted by molar-refractivity contribution is 6.77. The first kappa shape index (κ1) is 58.2. The minimum Gasteiger partial charge on any atom is -0.467 e. The van der Waals surface area contributed by atoms with E-state index in [-0.39, 0.29) is 52.3 Å². The van der Waals surface area contributed by atoms with Gasteiger partial charge in [0.05, 0.1) is 36.6 Å². The molecule has 0 radical (unpaired) electrons. The average Bonchev–Trinajstić information content (AvgIpc) is 4.04. The number of hydrogen-bond donors (Lipinski definition) is 3. The predicted octanol–water partition coefficient (Wildman–Crippen LogP) is 9.67. The van der Waals surface area contributed by atoms with Gasteiger partial charge in [0.25, 0.3) is 0 Å². The Balaban J connectivity index is 1.61. The van der Waals surface area contributed by atoms with Gasteiger partial charge in [-0.25, -0.2) is 14.4 Å². The predicted molar refractivity (Wildman–Crippen MR) is 274 cm³/mol. The maximum Gasteiger partial charge on any atom is 0.408 e. The van der Waals surface area contributed by atoms with Crippen molar-refractivity contribution in [3.05, 3.63) is 59.5 Å². The lowest BCUT2D eigenvalue weighted by atomic mass is 9.44. The van der Waals surface area contributed by atoms with E-state index in [1.54, 1.807) is 60.6 Å². The third kappa shape index (κ3) is 10.1. The van der Waals surface area contributed by atoms with E-state index in [4.69, 9.17) is 41.4 Å². The van der Waals surface area contributed by atoms with Crippen LogP contribution in [-0.4, -0.2) is 117 Å². The van der Waals surface area contributed by atoms with E-state index in [1.165, 1.54) is 31.6 Å². The number of rotatable bonds is 18. The smallest absolute Gasteiger partial charge is 0.408 e. The second kappa shape index (κ2) is 21.1. The lowest BCUT2D eigenvalue weighted by molar-refractivity contribution is -0.344. The number of amides is 1. The van der Waals surface area contributed by atoms with Crippen LogP contribution in [0.4, 0.5) is 4.79 Å². The van der Waals surface area contributed by atoms with Crippen molar-refractivity contribution in [3.63, 3.8) is 0 Å². The molecule has 2 bridgehead atoms. The SMILES string of the molecule is CC[Si](CC)(CC)O[C@H]1C[C@H]2OC[C@@]2(OC(C)=O)[C@H]2[C@H](OC(=O)c3ccco3)[C@]3(O)C[C@H](OC(=O)[C@H](O[Si](C(C)C)(C(C)C)C(C)C)[C@@H](NC(=O)OC(C)(C)C)c4ccco4)C(C)=C([C@@H](O)C(=O)[C@]12C)C3(C)C. The van der Waals surface area contributed by atoms with Crippen LogP contribution >= 0.6 is 0 Å². The number of aliphatic hydroxyl groups is 2. The molecule has 3 fully saturated rings. The number of Topliss-reactive ketones (excluding diaryl/α,β-unsaturated/α-hetero) is 1. The van der Waals surface area contributed by atoms with Crippen LogP contribution in [-0.2, 0) is 46.9 Å². The molecule has 1 saturated heterocycles. The number of ether oxygens (including phenoxy) is 5. The first-order valence-corrected chi connectivity index (χ1v) is 30.8. The van der Waals surface area contributed by atoms with Gasteiger partial charge in [-0.1, -0.05) is 76.2 Å². The normalized spacial score (nSPS) is 30.1. The van der Waals surface area contributed by atoms with Crippen LogP contribution in [0.25, 0.3) is 0 Å².